The van der Waals surface area contributed by atoms with Crippen molar-refractivity contribution in [2.45, 2.75) is 32.4 Å². The number of aromatic nitrogens is 1. The molecule has 37 heavy (non-hydrogen) atoms. The van der Waals surface area contributed by atoms with Gasteiger partial charge in [0.2, 0.25) is 0 Å². The van der Waals surface area contributed by atoms with Crippen LogP contribution in [0.2, 0.25) is 0 Å². The second kappa shape index (κ2) is 12.4. The Morgan fingerprint density at radius 1 is 0.919 bits per heavy atom. The fraction of sp³-hybridized carbons (Fsp3) is 0.345. The summed E-state index contributed by atoms with van der Waals surface area (Å²) in [5.41, 5.74) is 3.04. The molecule has 2 aromatic carbocycles. The highest BCUT2D eigenvalue weighted by Gasteiger charge is 2.24. The average Bonchev–Trinajstić information content (AvgIpc) is 2.93. The Kier molecular flexibility index (Phi) is 8.74. The molecule has 2 amide bonds. The zero-order valence-electron chi connectivity index (χ0n) is 21.4. The van der Waals surface area contributed by atoms with Crippen LogP contribution in [0.1, 0.15) is 40.1 Å². The molecule has 1 aromatic heterocycles. The number of amides is 2. The minimum atomic E-state index is -0.386. The molecule has 194 valence electrons. The third-order valence-electron chi connectivity index (χ3n) is 6.37. The summed E-state index contributed by atoms with van der Waals surface area (Å²) in [6, 6.07) is 20.3. The van der Waals surface area contributed by atoms with Crippen molar-refractivity contribution in [1.82, 2.24) is 15.2 Å². The maximum absolute atomic E-state index is 13.1. The quantitative estimate of drug-likeness (QED) is 0.417. The molecule has 3 N–H and O–H groups in total. The van der Waals surface area contributed by atoms with E-state index in [2.05, 4.69) is 34.4 Å². The molecule has 0 saturated carbocycles. The Morgan fingerprint density at radius 2 is 1.59 bits per heavy atom. The van der Waals surface area contributed by atoms with E-state index in [1.807, 2.05) is 47.4 Å². The number of benzene rings is 2. The van der Waals surface area contributed by atoms with Gasteiger partial charge in [0.05, 0.1) is 18.3 Å². The summed E-state index contributed by atoms with van der Waals surface area (Å²) in [5, 5.41) is 16.0. The highest BCUT2D eigenvalue weighted by atomic mass is 16.3. The second-order valence-corrected chi connectivity index (χ2v) is 9.57. The van der Waals surface area contributed by atoms with Crippen molar-refractivity contribution in [1.29, 1.82) is 0 Å². The van der Waals surface area contributed by atoms with Gasteiger partial charge in [0.15, 0.2) is 5.82 Å². The average molecular weight is 502 g/mol. The minimum Gasteiger partial charge on any atom is -0.394 e. The zero-order valence-corrected chi connectivity index (χ0v) is 21.4. The lowest BCUT2D eigenvalue weighted by molar-refractivity contribution is 0.0746. The fourth-order valence-electron chi connectivity index (χ4n) is 4.47. The van der Waals surface area contributed by atoms with E-state index in [4.69, 9.17) is 0 Å². The molecule has 2 heterocycles. The van der Waals surface area contributed by atoms with E-state index in [1.54, 1.807) is 30.5 Å². The van der Waals surface area contributed by atoms with Crippen LogP contribution in [-0.2, 0) is 6.42 Å². The number of carbonyl (C=O) groups is 2. The Labute approximate surface area is 218 Å². The minimum absolute atomic E-state index is 0.0505. The summed E-state index contributed by atoms with van der Waals surface area (Å²) in [5.74, 6) is 0.585. The predicted molar refractivity (Wildman–Crippen MR) is 146 cm³/mol. The van der Waals surface area contributed by atoms with Crippen LogP contribution in [0, 0.1) is 0 Å². The van der Waals surface area contributed by atoms with Gasteiger partial charge in [-0.3, -0.25) is 9.59 Å². The van der Waals surface area contributed by atoms with Crippen LogP contribution < -0.4 is 15.5 Å². The summed E-state index contributed by atoms with van der Waals surface area (Å²) < 4.78 is 0. The van der Waals surface area contributed by atoms with Gasteiger partial charge in [0.25, 0.3) is 11.8 Å². The second-order valence-electron chi connectivity index (χ2n) is 9.57. The van der Waals surface area contributed by atoms with Crippen LogP contribution >= 0.6 is 0 Å². The molecule has 0 unspecified atom stereocenters. The van der Waals surface area contributed by atoms with Crippen molar-refractivity contribution in [2.75, 3.05) is 43.0 Å². The van der Waals surface area contributed by atoms with Gasteiger partial charge in [0.1, 0.15) is 0 Å². The molecule has 3 aromatic rings. The zero-order chi connectivity index (χ0) is 26.2. The van der Waals surface area contributed by atoms with E-state index in [9.17, 15) is 14.7 Å². The summed E-state index contributed by atoms with van der Waals surface area (Å²) in [4.78, 5) is 34.4. The number of hydrogen-bond donors (Lipinski definition) is 3. The fourth-order valence-corrected chi connectivity index (χ4v) is 4.47. The lowest BCUT2D eigenvalue weighted by Gasteiger charge is -2.36. The molecular weight excluding hydrogens is 466 g/mol. The lowest BCUT2D eigenvalue weighted by Crippen LogP contribution is -2.49. The van der Waals surface area contributed by atoms with Gasteiger partial charge < -0.3 is 25.5 Å². The molecule has 1 aliphatic heterocycles. The summed E-state index contributed by atoms with van der Waals surface area (Å²) in [7, 11) is 0. The van der Waals surface area contributed by atoms with Gasteiger partial charge in [-0.05, 0) is 62.2 Å². The highest BCUT2D eigenvalue weighted by molar-refractivity contribution is 5.98. The number of anilines is 2. The molecule has 0 bridgehead atoms. The highest BCUT2D eigenvalue weighted by Crippen LogP contribution is 2.25. The Morgan fingerprint density at radius 3 is 2.24 bits per heavy atom. The van der Waals surface area contributed by atoms with E-state index < -0.39 is 0 Å². The van der Waals surface area contributed by atoms with Gasteiger partial charge in [-0.25, -0.2) is 4.98 Å². The molecule has 1 aliphatic rings. The number of aliphatic hydroxyl groups excluding tert-OH is 1. The first kappa shape index (κ1) is 26.2. The number of hydrogen-bond acceptors (Lipinski definition) is 6. The third kappa shape index (κ3) is 6.86. The Balaban J connectivity index is 1.32. The first-order chi connectivity index (χ1) is 17.9. The Hall–Kier alpha value is -3.91. The summed E-state index contributed by atoms with van der Waals surface area (Å²) >= 11 is 0. The largest absolute Gasteiger partial charge is 0.394 e. The van der Waals surface area contributed by atoms with Crippen LogP contribution in [0.15, 0.2) is 72.9 Å². The Bertz CT molecular complexity index is 1180. The monoisotopic (exact) mass is 501 g/mol. The topological polar surface area (TPSA) is 97.8 Å². The smallest absolute Gasteiger partial charge is 0.253 e. The van der Waals surface area contributed by atoms with Crippen LogP contribution in [-0.4, -0.2) is 71.7 Å². The molecular formula is C29H35N5O3. The van der Waals surface area contributed by atoms with Crippen molar-refractivity contribution < 1.29 is 14.7 Å². The molecule has 8 nitrogen and oxygen atoms in total. The van der Waals surface area contributed by atoms with Crippen molar-refractivity contribution >= 4 is 23.3 Å². The normalized spacial score (nSPS) is 14.4. The summed E-state index contributed by atoms with van der Waals surface area (Å²) in [6.45, 7) is 6.61. The standard InChI is InChI=1S/C29H35N5O3/c1-21(2)31-26-9-6-14-30-27(26)33-15-17-34(18-16-33)29(37)24-12-10-23(11-13-24)28(36)32-25(20-35)19-22-7-4-3-5-8-22/h3-14,21,25,31,35H,15-20H2,1-2H3,(H,32,36)/t25-/m0/s1. The molecule has 0 aliphatic carbocycles. The van der Waals surface area contributed by atoms with Crippen molar-refractivity contribution in [3.05, 3.63) is 89.6 Å². The van der Waals surface area contributed by atoms with Crippen LogP contribution in [0.25, 0.3) is 0 Å². The maximum atomic E-state index is 13.1. The number of aliphatic hydroxyl groups is 1. The van der Waals surface area contributed by atoms with Gasteiger partial charge >= 0.3 is 0 Å². The molecule has 0 radical (unpaired) electrons. The third-order valence-corrected chi connectivity index (χ3v) is 6.37. The van der Waals surface area contributed by atoms with E-state index in [-0.39, 0.29) is 24.5 Å². The van der Waals surface area contributed by atoms with Crippen molar-refractivity contribution in [3.63, 3.8) is 0 Å². The number of pyridine rings is 1. The summed E-state index contributed by atoms with van der Waals surface area (Å²) in [6.07, 6.45) is 2.33. The van der Waals surface area contributed by atoms with Gasteiger partial charge in [-0.1, -0.05) is 30.3 Å². The number of piperazine rings is 1. The molecule has 8 heteroatoms. The maximum Gasteiger partial charge on any atom is 0.253 e. The van der Waals surface area contributed by atoms with Gasteiger partial charge in [0, 0.05) is 49.5 Å². The van der Waals surface area contributed by atoms with E-state index >= 15 is 0 Å². The van der Waals surface area contributed by atoms with Crippen molar-refractivity contribution in [3.8, 4) is 0 Å². The number of carbonyl (C=O) groups excluding carboxylic acids is 2. The molecule has 1 fully saturated rings. The number of rotatable bonds is 9. The van der Waals surface area contributed by atoms with Crippen LogP contribution in [0.3, 0.4) is 0 Å². The first-order valence-electron chi connectivity index (χ1n) is 12.8. The van der Waals surface area contributed by atoms with Crippen LogP contribution in [0.5, 0.6) is 0 Å². The van der Waals surface area contributed by atoms with Crippen LogP contribution in [0.4, 0.5) is 11.5 Å². The predicted octanol–water partition coefficient (Wildman–Crippen LogP) is 3.20. The van der Waals surface area contributed by atoms with E-state index in [0.717, 1.165) is 17.1 Å². The van der Waals surface area contributed by atoms with Gasteiger partial charge in [-0.2, -0.15) is 0 Å². The number of nitrogens with one attached hydrogen (secondary N) is 2. The van der Waals surface area contributed by atoms with E-state index in [1.165, 1.54) is 0 Å². The lowest BCUT2D eigenvalue weighted by atomic mass is 10.1. The molecule has 0 spiro atoms. The molecule has 1 saturated heterocycles. The molecule has 4 rings (SSSR count). The first-order valence-corrected chi connectivity index (χ1v) is 12.8. The van der Waals surface area contributed by atoms with Crippen molar-refractivity contribution in [2.24, 2.45) is 0 Å². The SMILES string of the molecule is CC(C)Nc1cccnc1N1CCN(C(=O)c2ccc(C(=O)N[C@H](CO)Cc3ccccc3)cc2)CC1. The molecule has 1 atom stereocenters. The van der Waals surface area contributed by atoms with Gasteiger partial charge in [-0.15, -0.1) is 0 Å². The van der Waals surface area contributed by atoms with E-state index in [0.29, 0.717) is 49.8 Å². The number of nitrogens with zero attached hydrogens (tertiary/aromatic N) is 3.